The lowest BCUT2D eigenvalue weighted by molar-refractivity contribution is 0.0699. The van der Waals surface area contributed by atoms with Crippen LogP contribution in [0.5, 0.6) is 0 Å². The highest BCUT2D eigenvalue weighted by molar-refractivity contribution is 6.07. The topological polar surface area (TPSA) is 49.3 Å². The Kier molecular flexibility index (Phi) is 4.84. The van der Waals surface area contributed by atoms with E-state index >= 15 is 0 Å². The molecule has 112 valence electrons. The van der Waals surface area contributed by atoms with Crippen molar-refractivity contribution >= 4 is 22.4 Å². The van der Waals surface area contributed by atoms with Crippen LogP contribution in [0.3, 0.4) is 0 Å². The molecule has 3 heteroatoms. The second-order valence-electron chi connectivity index (χ2n) is 5.52. The molecule has 0 radical (unpaired) electrons. The highest BCUT2D eigenvalue weighted by Gasteiger charge is 2.16. The van der Waals surface area contributed by atoms with E-state index in [2.05, 4.69) is 26.1 Å². The minimum Gasteiger partial charge on any atom is -0.478 e. The lowest BCUT2D eigenvalue weighted by Crippen LogP contribution is -2.25. The molecule has 0 aliphatic heterocycles. The standard InChI is InChI=1S/C18H23NO2/c1-4-13(5-2)12(3)19-17-11-10-16(18(20)21)14-8-6-7-9-15(14)17/h6-13,19H,4-5H2,1-3H3,(H,20,21). The normalized spacial score (nSPS) is 12.6. The predicted molar refractivity (Wildman–Crippen MR) is 88.1 cm³/mol. The largest absolute Gasteiger partial charge is 0.478 e. The molecule has 2 N–H and O–H groups in total. The minimum absolute atomic E-state index is 0.353. The molecule has 0 aliphatic rings. The molecule has 0 saturated carbocycles. The van der Waals surface area contributed by atoms with Crippen LogP contribution in [-0.2, 0) is 0 Å². The fraction of sp³-hybridized carbons (Fsp3) is 0.389. The van der Waals surface area contributed by atoms with E-state index in [1.807, 2.05) is 30.3 Å². The van der Waals surface area contributed by atoms with Crippen LogP contribution < -0.4 is 5.32 Å². The van der Waals surface area contributed by atoms with Gasteiger partial charge < -0.3 is 10.4 Å². The van der Waals surface area contributed by atoms with Gasteiger partial charge in [-0.1, -0.05) is 51.0 Å². The Hall–Kier alpha value is -2.03. The van der Waals surface area contributed by atoms with E-state index < -0.39 is 5.97 Å². The van der Waals surface area contributed by atoms with Gasteiger partial charge in [-0.25, -0.2) is 4.79 Å². The van der Waals surface area contributed by atoms with Crippen molar-refractivity contribution in [3.8, 4) is 0 Å². The van der Waals surface area contributed by atoms with E-state index in [0.29, 0.717) is 17.5 Å². The molecular formula is C18H23NO2. The highest BCUT2D eigenvalue weighted by Crippen LogP contribution is 2.28. The molecule has 2 rings (SSSR count). The molecular weight excluding hydrogens is 262 g/mol. The number of carboxylic acids is 1. The molecule has 1 unspecified atom stereocenters. The van der Waals surface area contributed by atoms with Crippen molar-refractivity contribution in [2.45, 2.75) is 39.7 Å². The van der Waals surface area contributed by atoms with Crippen LogP contribution in [0.15, 0.2) is 36.4 Å². The zero-order chi connectivity index (χ0) is 15.4. The molecule has 2 aromatic rings. The summed E-state index contributed by atoms with van der Waals surface area (Å²) in [5.41, 5.74) is 1.36. The van der Waals surface area contributed by atoms with Crippen molar-refractivity contribution in [1.29, 1.82) is 0 Å². The Morgan fingerprint density at radius 1 is 1.10 bits per heavy atom. The lowest BCUT2D eigenvalue weighted by atomic mass is 9.94. The van der Waals surface area contributed by atoms with Crippen LogP contribution in [0.1, 0.15) is 44.0 Å². The number of hydrogen-bond donors (Lipinski definition) is 2. The lowest BCUT2D eigenvalue weighted by Gasteiger charge is -2.24. The van der Waals surface area contributed by atoms with Gasteiger partial charge in [0, 0.05) is 17.1 Å². The Balaban J connectivity index is 2.42. The summed E-state index contributed by atoms with van der Waals surface area (Å²) < 4.78 is 0. The number of fused-ring (bicyclic) bond motifs is 1. The molecule has 1 atom stereocenters. The average Bonchev–Trinajstić information content (AvgIpc) is 2.48. The van der Waals surface area contributed by atoms with E-state index in [-0.39, 0.29) is 0 Å². The smallest absolute Gasteiger partial charge is 0.336 e. The van der Waals surface area contributed by atoms with E-state index in [9.17, 15) is 9.90 Å². The Morgan fingerprint density at radius 2 is 1.71 bits per heavy atom. The fourth-order valence-corrected chi connectivity index (χ4v) is 2.97. The first-order valence-corrected chi connectivity index (χ1v) is 7.60. The number of carbonyl (C=O) groups is 1. The summed E-state index contributed by atoms with van der Waals surface area (Å²) in [6, 6.07) is 11.6. The summed E-state index contributed by atoms with van der Waals surface area (Å²) in [5, 5.41) is 14.6. The van der Waals surface area contributed by atoms with Crippen molar-refractivity contribution in [2.24, 2.45) is 5.92 Å². The monoisotopic (exact) mass is 285 g/mol. The summed E-state index contributed by atoms with van der Waals surface area (Å²) in [6.45, 7) is 6.60. The first-order valence-electron chi connectivity index (χ1n) is 7.60. The van der Waals surface area contributed by atoms with Gasteiger partial charge in [0.15, 0.2) is 0 Å². The second kappa shape index (κ2) is 6.61. The van der Waals surface area contributed by atoms with Crippen LogP contribution in [0.2, 0.25) is 0 Å². The fourth-order valence-electron chi connectivity index (χ4n) is 2.97. The molecule has 0 heterocycles. The molecule has 0 amide bonds. The number of hydrogen-bond acceptors (Lipinski definition) is 2. The Morgan fingerprint density at radius 3 is 2.29 bits per heavy atom. The summed E-state index contributed by atoms with van der Waals surface area (Å²) in [5.74, 6) is -0.270. The van der Waals surface area contributed by atoms with Gasteiger partial charge in [0.1, 0.15) is 0 Å². The van der Waals surface area contributed by atoms with Crippen LogP contribution in [0.25, 0.3) is 10.8 Å². The molecule has 0 aromatic heterocycles. The van der Waals surface area contributed by atoms with E-state index in [0.717, 1.165) is 29.3 Å². The number of aromatic carboxylic acids is 1. The number of anilines is 1. The van der Waals surface area contributed by atoms with Crippen molar-refractivity contribution < 1.29 is 9.90 Å². The van der Waals surface area contributed by atoms with Gasteiger partial charge in [0.25, 0.3) is 0 Å². The molecule has 0 fully saturated rings. The van der Waals surface area contributed by atoms with Gasteiger partial charge in [-0.3, -0.25) is 0 Å². The summed E-state index contributed by atoms with van der Waals surface area (Å²) in [4.78, 5) is 11.3. The summed E-state index contributed by atoms with van der Waals surface area (Å²) >= 11 is 0. The van der Waals surface area contributed by atoms with Crippen molar-refractivity contribution in [3.63, 3.8) is 0 Å². The maximum absolute atomic E-state index is 11.3. The first kappa shape index (κ1) is 15.4. The number of rotatable bonds is 6. The third kappa shape index (κ3) is 3.18. The maximum atomic E-state index is 11.3. The van der Waals surface area contributed by atoms with Crippen molar-refractivity contribution in [3.05, 3.63) is 42.0 Å². The Bertz CT molecular complexity index is 632. The van der Waals surface area contributed by atoms with Crippen molar-refractivity contribution in [2.75, 3.05) is 5.32 Å². The van der Waals surface area contributed by atoms with E-state index in [1.165, 1.54) is 0 Å². The zero-order valence-electron chi connectivity index (χ0n) is 12.9. The van der Waals surface area contributed by atoms with Gasteiger partial charge in [0.05, 0.1) is 5.56 Å². The Labute approximate surface area is 126 Å². The van der Waals surface area contributed by atoms with Crippen molar-refractivity contribution in [1.82, 2.24) is 0 Å². The minimum atomic E-state index is -0.884. The maximum Gasteiger partial charge on any atom is 0.336 e. The summed E-state index contributed by atoms with van der Waals surface area (Å²) in [6.07, 6.45) is 2.27. The predicted octanol–water partition coefficient (Wildman–Crippen LogP) is 4.77. The van der Waals surface area contributed by atoms with Gasteiger partial charge >= 0.3 is 5.97 Å². The molecule has 3 nitrogen and oxygen atoms in total. The van der Waals surface area contributed by atoms with Crippen LogP contribution in [0.4, 0.5) is 5.69 Å². The molecule has 21 heavy (non-hydrogen) atoms. The first-order chi connectivity index (χ1) is 10.1. The van der Waals surface area contributed by atoms with E-state index in [4.69, 9.17) is 0 Å². The number of benzene rings is 2. The van der Waals surface area contributed by atoms with Gasteiger partial charge in [-0.15, -0.1) is 0 Å². The molecule has 2 aromatic carbocycles. The van der Waals surface area contributed by atoms with Crippen LogP contribution in [0, 0.1) is 5.92 Å². The van der Waals surface area contributed by atoms with Gasteiger partial charge in [-0.2, -0.15) is 0 Å². The van der Waals surface area contributed by atoms with Gasteiger partial charge in [-0.05, 0) is 30.4 Å². The molecule has 0 aliphatic carbocycles. The quantitative estimate of drug-likeness (QED) is 0.803. The third-order valence-corrected chi connectivity index (χ3v) is 4.29. The van der Waals surface area contributed by atoms with Crippen LogP contribution in [-0.4, -0.2) is 17.1 Å². The zero-order valence-corrected chi connectivity index (χ0v) is 12.9. The molecule has 0 spiro atoms. The highest BCUT2D eigenvalue weighted by atomic mass is 16.4. The number of carboxylic acid groups (broad SMARTS) is 1. The third-order valence-electron chi connectivity index (χ3n) is 4.29. The molecule has 0 bridgehead atoms. The van der Waals surface area contributed by atoms with Gasteiger partial charge in [0.2, 0.25) is 0 Å². The number of nitrogens with one attached hydrogen (secondary N) is 1. The molecule has 0 saturated heterocycles. The summed E-state index contributed by atoms with van der Waals surface area (Å²) in [7, 11) is 0. The van der Waals surface area contributed by atoms with Crippen LogP contribution >= 0.6 is 0 Å². The second-order valence-corrected chi connectivity index (χ2v) is 5.52. The van der Waals surface area contributed by atoms with E-state index in [1.54, 1.807) is 6.07 Å². The SMILES string of the molecule is CCC(CC)C(C)Nc1ccc(C(=O)O)c2ccccc12. The average molecular weight is 285 g/mol.